The van der Waals surface area contributed by atoms with Crippen LogP contribution in [0.3, 0.4) is 0 Å². The van der Waals surface area contributed by atoms with Crippen molar-refractivity contribution in [1.82, 2.24) is 0 Å². The summed E-state index contributed by atoms with van der Waals surface area (Å²) in [6.07, 6.45) is 0.888. The van der Waals surface area contributed by atoms with Crippen LogP contribution < -0.4 is 5.73 Å². The Bertz CT molecular complexity index is 395. The minimum atomic E-state index is 0.384. The van der Waals surface area contributed by atoms with Gasteiger partial charge in [0.15, 0.2) is 0 Å². The van der Waals surface area contributed by atoms with Gasteiger partial charge >= 0.3 is 0 Å². The highest BCUT2D eigenvalue weighted by atomic mass is 32.1. The molecule has 1 aromatic rings. The molecule has 0 aliphatic carbocycles. The van der Waals surface area contributed by atoms with Crippen LogP contribution >= 0.6 is 11.3 Å². The first-order chi connectivity index (χ1) is 9.38. The molecule has 0 aliphatic heterocycles. The lowest BCUT2D eigenvalue weighted by Gasteiger charge is -2.04. The van der Waals surface area contributed by atoms with Gasteiger partial charge in [0.1, 0.15) is 0 Å². The molecule has 0 amide bonds. The Balaban J connectivity index is 2.11. The fourth-order valence-corrected chi connectivity index (χ4v) is 2.15. The predicted molar refractivity (Wildman–Crippen MR) is 77.2 cm³/mol. The molecule has 0 radical (unpaired) electrons. The van der Waals surface area contributed by atoms with Crippen molar-refractivity contribution >= 4 is 11.3 Å². The average Bonchev–Trinajstić information content (AvgIpc) is 2.87. The lowest BCUT2D eigenvalue weighted by atomic mass is 10.2. The van der Waals surface area contributed by atoms with E-state index >= 15 is 0 Å². The highest BCUT2D eigenvalue weighted by Gasteiger charge is 2.01. The molecule has 19 heavy (non-hydrogen) atoms. The molecule has 1 aromatic heterocycles. The number of rotatable bonds is 9. The van der Waals surface area contributed by atoms with Crippen molar-refractivity contribution in [2.75, 3.05) is 40.1 Å². The second kappa shape index (κ2) is 11.0. The van der Waals surface area contributed by atoms with E-state index < -0.39 is 0 Å². The number of hydrogen-bond acceptors (Lipinski definition) is 5. The Morgan fingerprint density at radius 1 is 1.21 bits per heavy atom. The number of thiophene rings is 1. The highest BCUT2D eigenvalue weighted by molar-refractivity contribution is 7.10. The second-order valence-electron chi connectivity index (χ2n) is 3.77. The molecule has 0 bridgehead atoms. The van der Waals surface area contributed by atoms with E-state index in [1.54, 1.807) is 18.4 Å². The zero-order chi connectivity index (χ0) is 13.8. The predicted octanol–water partition coefficient (Wildman–Crippen LogP) is 1.63. The van der Waals surface area contributed by atoms with Gasteiger partial charge in [-0.1, -0.05) is 11.8 Å². The lowest BCUT2D eigenvalue weighted by molar-refractivity contribution is 0.0487. The van der Waals surface area contributed by atoms with Crippen molar-refractivity contribution in [3.63, 3.8) is 0 Å². The number of methoxy groups -OCH3 is 1. The van der Waals surface area contributed by atoms with Crippen LogP contribution in [-0.4, -0.2) is 40.1 Å². The summed E-state index contributed by atoms with van der Waals surface area (Å²) in [6.45, 7) is 3.65. The fraction of sp³-hybridized carbons (Fsp3) is 0.571. The van der Waals surface area contributed by atoms with Crippen LogP contribution in [0.1, 0.15) is 16.9 Å². The van der Waals surface area contributed by atoms with Crippen molar-refractivity contribution in [2.45, 2.75) is 13.0 Å². The summed E-state index contributed by atoms with van der Waals surface area (Å²) in [5, 5.41) is 2.02. The summed E-state index contributed by atoms with van der Waals surface area (Å²) in [5.41, 5.74) is 6.38. The standard InChI is InChI=1S/C14H21NO3S/c1-16-9-10-17-7-3-8-18-12-14-13(4-2-6-15)5-11-19-14/h5,11H,3,6-10,12,15H2,1H3. The SMILES string of the molecule is COCCOCCCOCc1sccc1C#CCN. The van der Waals surface area contributed by atoms with Gasteiger partial charge in [-0.05, 0) is 17.9 Å². The molecule has 0 saturated carbocycles. The van der Waals surface area contributed by atoms with E-state index in [1.165, 1.54) is 0 Å². The van der Waals surface area contributed by atoms with Crippen LogP contribution in [0.25, 0.3) is 0 Å². The molecule has 0 fully saturated rings. The van der Waals surface area contributed by atoms with E-state index in [9.17, 15) is 0 Å². The Morgan fingerprint density at radius 3 is 2.84 bits per heavy atom. The van der Waals surface area contributed by atoms with Gasteiger partial charge in [-0.3, -0.25) is 0 Å². The monoisotopic (exact) mass is 283 g/mol. The summed E-state index contributed by atoms with van der Waals surface area (Å²) in [5.74, 6) is 5.90. The zero-order valence-corrected chi connectivity index (χ0v) is 12.1. The molecule has 0 aromatic carbocycles. The van der Waals surface area contributed by atoms with E-state index in [-0.39, 0.29) is 0 Å². The van der Waals surface area contributed by atoms with Crippen molar-refractivity contribution in [3.8, 4) is 11.8 Å². The molecule has 0 atom stereocenters. The van der Waals surface area contributed by atoms with Crippen LogP contribution in [0.5, 0.6) is 0 Å². The van der Waals surface area contributed by atoms with Gasteiger partial charge in [-0.25, -0.2) is 0 Å². The van der Waals surface area contributed by atoms with E-state index in [1.807, 2.05) is 11.4 Å². The molecule has 0 aliphatic rings. The molecule has 5 heteroatoms. The van der Waals surface area contributed by atoms with Crippen LogP contribution in [0.4, 0.5) is 0 Å². The maximum absolute atomic E-state index is 5.61. The lowest BCUT2D eigenvalue weighted by Crippen LogP contribution is -2.05. The largest absolute Gasteiger partial charge is 0.382 e. The molecule has 0 saturated heterocycles. The fourth-order valence-electron chi connectivity index (χ4n) is 1.38. The molecule has 1 rings (SSSR count). The van der Waals surface area contributed by atoms with Crippen LogP contribution in [0.15, 0.2) is 11.4 Å². The van der Waals surface area contributed by atoms with E-state index in [2.05, 4.69) is 11.8 Å². The summed E-state index contributed by atoms with van der Waals surface area (Å²) < 4.78 is 15.8. The molecule has 106 valence electrons. The van der Waals surface area contributed by atoms with Crippen molar-refractivity contribution in [1.29, 1.82) is 0 Å². The normalized spacial score (nSPS) is 10.2. The van der Waals surface area contributed by atoms with Crippen molar-refractivity contribution < 1.29 is 14.2 Å². The van der Waals surface area contributed by atoms with E-state index in [0.29, 0.717) is 39.6 Å². The van der Waals surface area contributed by atoms with E-state index in [4.69, 9.17) is 19.9 Å². The Labute approximate surface area is 118 Å². The van der Waals surface area contributed by atoms with Gasteiger partial charge in [0.05, 0.1) is 26.4 Å². The molecule has 0 unspecified atom stereocenters. The minimum Gasteiger partial charge on any atom is -0.382 e. The first-order valence-corrected chi connectivity index (χ1v) is 7.16. The zero-order valence-electron chi connectivity index (χ0n) is 11.3. The van der Waals surface area contributed by atoms with Gasteiger partial charge in [0.25, 0.3) is 0 Å². The minimum absolute atomic E-state index is 0.384. The summed E-state index contributed by atoms with van der Waals surface area (Å²) >= 11 is 1.66. The highest BCUT2D eigenvalue weighted by Crippen LogP contribution is 2.16. The molecule has 1 heterocycles. The van der Waals surface area contributed by atoms with Gasteiger partial charge in [-0.15, -0.1) is 11.3 Å². The van der Waals surface area contributed by atoms with Crippen LogP contribution in [0.2, 0.25) is 0 Å². The van der Waals surface area contributed by atoms with Gasteiger partial charge < -0.3 is 19.9 Å². The summed E-state index contributed by atoms with van der Waals surface area (Å²) in [4.78, 5) is 1.15. The maximum atomic E-state index is 5.61. The van der Waals surface area contributed by atoms with Crippen LogP contribution in [-0.2, 0) is 20.8 Å². The third kappa shape index (κ3) is 7.31. The number of hydrogen-bond donors (Lipinski definition) is 1. The van der Waals surface area contributed by atoms with Crippen molar-refractivity contribution in [2.24, 2.45) is 5.73 Å². The number of nitrogens with two attached hydrogens (primary N) is 1. The summed E-state index contributed by atoms with van der Waals surface area (Å²) in [6, 6.07) is 2.00. The summed E-state index contributed by atoms with van der Waals surface area (Å²) in [7, 11) is 1.67. The maximum Gasteiger partial charge on any atom is 0.0821 e. The molecule has 4 nitrogen and oxygen atoms in total. The molecular weight excluding hydrogens is 262 g/mol. The molecule has 2 N–H and O–H groups in total. The third-order valence-corrected chi connectivity index (χ3v) is 3.21. The first kappa shape index (κ1) is 16.2. The van der Waals surface area contributed by atoms with Crippen LogP contribution in [0, 0.1) is 11.8 Å². The second-order valence-corrected chi connectivity index (χ2v) is 4.78. The first-order valence-electron chi connectivity index (χ1n) is 6.28. The topological polar surface area (TPSA) is 53.7 Å². The van der Waals surface area contributed by atoms with Gasteiger partial charge in [0, 0.05) is 30.8 Å². The number of ether oxygens (including phenoxy) is 3. The van der Waals surface area contributed by atoms with Gasteiger partial charge in [-0.2, -0.15) is 0 Å². The van der Waals surface area contributed by atoms with Crippen molar-refractivity contribution in [3.05, 3.63) is 21.9 Å². The molecule has 0 spiro atoms. The average molecular weight is 283 g/mol. The molecular formula is C14H21NO3S. The Hall–Kier alpha value is -0.900. The van der Waals surface area contributed by atoms with Gasteiger partial charge in [0.2, 0.25) is 0 Å². The Morgan fingerprint density at radius 2 is 2.05 bits per heavy atom. The third-order valence-electron chi connectivity index (χ3n) is 2.31. The quantitative estimate of drug-likeness (QED) is 0.553. The smallest absolute Gasteiger partial charge is 0.0821 e. The van der Waals surface area contributed by atoms with E-state index in [0.717, 1.165) is 16.9 Å². The Kier molecular flexibility index (Phi) is 9.33.